The molecule has 0 fully saturated rings. The summed E-state index contributed by atoms with van der Waals surface area (Å²) in [6.45, 7) is 0. The predicted octanol–water partition coefficient (Wildman–Crippen LogP) is 3.63. The normalized spacial score (nSPS) is 15.7. The molecule has 2 aromatic rings. The Hall–Kier alpha value is -3.91. The largest absolute Gasteiger partial charge is 0.491 e. The van der Waals surface area contributed by atoms with Gasteiger partial charge in [-0.3, -0.25) is 4.90 Å². The Morgan fingerprint density at radius 3 is 2.24 bits per heavy atom. The van der Waals surface area contributed by atoms with Gasteiger partial charge in [-0.05, 0) is 27.6 Å². The quantitative estimate of drug-likeness (QED) is 0.457. The fourth-order valence-electron chi connectivity index (χ4n) is 3.69. The molecule has 2 aromatic carbocycles. The van der Waals surface area contributed by atoms with Crippen LogP contribution in [0.4, 0.5) is 14.5 Å². The average molecular weight is 534 g/mol. The van der Waals surface area contributed by atoms with E-state index in [2.05, 4.69) is 15.9 Å². The van der Waals surface area contributed by atoms with Crippen molar-refractivity contribution >= 4 is 33.6 Å². The minimum Gasteiger partial charge on any atom is -0.491 e. The fraction of sp³-hybridized carbons (Fsp3) is 0.174. The van der Waals surface area contributed by atoms with Gasteiger partial charge in [0.25, 0.3) is 0 Å². The van der Waals surface area contributed by atoms with Gasteiger partial charge < -0.3 is 19.9 Å². The number of anilines is 1. The number of carbonyl (C=O) groups is 2. The fourth-order valence-corrected chi connectivity index (χ4v) is 4.08. The van der Waals surface area contributed by atoms with Gasteiger partial charge in [0.05, 0.1) is 54.6 Å². The highest BCUT2D eigenvalue weighted by molar-refractivity contribution is 9.10. The van der Waals surface area contributed by atoms with E-state index in [1.165, 1.54) is 0 Å². The topological polar surface area (TPSA) is 115 Å². The average Bonchev–Trinajstić information content (AvgIpc) is 2.85. The Bertz CT molecular complexity index is 1270. The molecule has 1 atom stereocenters. The molecule has 0 bridgehead atoms. The molecule has 0 aliphatic carbocycles. The predicted molar refractivity (Wildman–Crippen MR) is 120 cm³/mol. The van der Waals surface area contributed by atoms with Crippen LogP contribution >= 0.6 is 15.9 Å². The minimum absolute atomic E-state index is 0.137. The van der Waals surface area contributed by atoms with E-state index in [9.17, 15) is 23.6 Å². The number of benzene rings is 2. The molecule has 0 spiro atoms. The third-order valence-electron chi connectivity index (χ3n) is 5.15. The van der Waals surface area contributed by atoms with E-state index in [1.54, 1.807) is 30.3 Å². The maximum atomic E-state index is 14.8. The Kier molecular flexibility index (Phi) is 7.22. The lowest BCUT2D eigenvalue weighted by molar-refractivity contribution is -0.139. The Labute approximate surface area is 201 Å². The van der Waals surface area contributed by atoms with Crippen LogP contribution < -0.4 is 15.4 Å². The monoisotopic (exact) mass is 533 g/mol. The van der Waals surface area contributed by atoms with Crippen molar-refractivity contribution in [2.45, 2.75) is 5.92 Å². The number of ether oxygens (including phenoxy) is 3. The molecule has 0 radical (unpaired) electrons. The molecule has 0 saturated heterocycles. The summed E-state index contributed by atoms with van der Waals surface area (Å²) in [5.74, 6) is -6.68. The molecule has 11 heteroatoms. The Morgan fingerprint density at radius 1 is 1.09 bits per heavy atom. The van der Waals surface area contributed by atoms with Crippen molar-refractivity contribution in [3.8, 4) is 11.8 Å². The summed E-state index contributed by atoms with van der Waals surface area (Å²) in [7, 11) is 3.25. The van der Waals surface area contributed by atoms with Crippen molar-refractivity contribution in [3.63, 3.8) is 0 Å². The minimum atomic E-state index is -1.38. The van der Waals surface area contributed by atoms with Crippen molar-refractivity contribution in [2.24, 2.45) is 5.73 Å². The first-order valence-electron chi connectivity index (χ1n) is 9.60. The van der Waals surface area contributed by atoms with E-state index in [4.69, 9.17) is 19.9 Å². The van der Waals surface area contributed by atoms with Crippen molar-refractivity contribution < 1.29 is 32.6 Å². The highest BCUT2D eigenvalue weighted by Gasteiger charge is 2.44. The summed E-state index contributed by atoms with van der Waals surface area (Å²) in [6, 6.07) is 11.4. The molecule has 1 heterocycles. The highest BCUT2D eigenvalue weighted by atomic mass is 79.9. The second-order valence-electron chi connectivity index (χ2n) is 6.87. The highest BCUT2D eigenvalue weighted by Crippen LogP contribution is 2.47. The maximum absolute atomic E-state index is 14.8. The zero-order chi connectivity index (χ0) is 25.2. The summed E-state index contributed by atoms with van der Waals surface area (Å²) in [6.07, 6.45) is 0. The van der Waals surface area contributed by atoms with E-state index in [1.807, 2.05) is 6.07 Å². The maximum Gasteiger partial charge on any atom is 0.355 e. The number of carbonyl (C=O) groups excluding carboxylic acids is 2. The van der Waals surface area contributed by atoms with Crippen LogP contribution in [0.3, 0.4) is 0 Å². The van der Waals surface area contributed by atoms with Gasteiger partial charge in [-0.1, -0.05) is 30.3 Å². The lowest BCUT2D eigenvalue weighted by Gasteiger charge is -2.36. The molecule has 8 nitrogen and oxygen atoms in total. The van der Waals surface area contributed by atoms with Crippen LogP contribution in [-0.4, -0.2) is 33.3 Å². The molecule has 0 amide bonds. The molecule has 0 saturated carbocycles. The molecule has 2 N–H and O–H groups in total. The van der Waals surface area contributed by atoms with Crippen LogP contribution in [0, 0.1) is 23.0 Å². The number of nitrogens with two attached hydrogens (primary N) is 1. The van der Waals surface area contributed by atoms with Crippen LogP contribution in [0.15, 0.2) is 63.5 Å². The van der Waals surface area contributed by atoms with Crippen LogP contribution in [0.25, 0.3) is 0 Å². The van der Waals surface area contributed by atoms with Gasteiger partial charge in [0.1, 0.15) is 11.5 Å². The van der Waals surface area contributed by atoms with Gasteiger partial charge in [-0.2, -0.15) is 9.65 Å². The number of rotatable bonds is 5. The van der Waals surface area contributed by atoms with Gasteiger partial charge in [0.15, 0.2) is 11.6 Å². The van der Waals surface area contributed by atoms with Crippen LogP contribution in [0.5, 0.6) is 5.75 Å². The first-order chi connectivity index (χ1) is 16.2. The molecule has 1 aliphatic heterocycles. The summed E-state index contributed by atoms with van der Waals surface area (Å²) < 4.78 is 43.5. The van der Waals surface area contributed by atoms with Gasteiger partial charge in [-0.25, -0.2) is 14.0 Å². The van der Waals surface area contributed by atoms with Crippen molar-refractivity contribution in [3.05, 3.63) is 80.7 Å². The summed E-state index contributed by atoms with van der Waals surface area (Å²) in [4.78, 5) is 27.0. The van der Waals surface area contributed by atoms with Gasteiger partial charge in [-0.15, -0.1) is 0 Å². The third-order valence-corrected chi connectivity index (χ3v) is 5.73. The van der Waals surface area contributed by atoms with Crippen molar-refractivity contribution in [1.82, 2.24) is 0 Å². The van der Waals surface area contributed by atoms with E-state index < -0.39 is 40.9 Å². The third kappa shape index (κ3) is 3.97. The number of hydrogen-bond donors (Lipinski definition) is 1. The number of nitriles is 1. The SMILES string of the molecule is COC(=O)C1=C(C(=O)OC)N(c2cc(Br)c(F)c(F)c2OC)C(N)=C(C#N)C1c1ccccc1. The second-order valence-corrected chi connectivity index (χ2v) is 7.73. The van der Waals surface area contributed by atoms with E-state index >= 15 is 0 Å². The summed E-state index contributed by atoms with van der Waals surface area (Å²) in [5.41, 5.74) is 5.68. The lowest BCUT2D eigenvalue weighted by atomic mass is 9.81. The number of nitrogens with zero attached hydrogens (tertiary/aromatic N) is 2. The van der Waals surface area contributed by atoms with Crippen molar-refractivity contribution in [1.29, 1.82) is 5.26 Å². The van der Waals surface area contributed by atoms with Crippen LogP contribution in [-0.2, 0) is 19.1 Å². The summed E-state index contributed by atoms with van der Waals surface area (Å²) >= 11 is 2.92. The molecule has 34 heavy (non-hydrogen) atoms. The summed E-state index contributed by atoms with van der Waals surface area (Å²) in [5, 5.41) is 10.0. The van der Waals surface area contributed by atoms with E-state index in [-0.39, 0.29) is 27.1 Å². The van der Waals surface area contributed by atoms with Crippen LogP contribution in [0.1, 0.15) is 11.5 Å². The molecule has 0 aromatic heterocycles. The Morgan fingerprint density at radius 2 is 1.71 bits per heavy atom. The van der Waals surface area contributed by atoms with E-state index in [0.29, 0.717) is 5.56 Å². The number of esters is 2. The molecule has 3 rings (SSSR count). The first-order valence-corrected chi connectivity index (χ1v) is 10.4. The second kappa shape index (κ2) is 9.93. The van der Waals surface area contributed by atoms with Gasteiger partial charge in [0, 0.05) is 0 Å². The number of allylic oxidation sites excluding steroid dienone is 1. The van der Waals surface area contributed by atoms with Crippen molar-refractivity contribution in [2.75, 3.05) is 26.2 Å². The zero-order valence-corrected chi connectivity index (χ0v) is 19.8. The van der Waals surface area contributed by atoms with Crippen LogP contribution in [0.2, 0.25) is 0 Å². The standard InChI is InChI=1S/C23H18BrF2N3O5/c1-32-20-14(9-13(24)17(25)18(20)26)29-19(23(31)34-3)16(22(30)33-2)15(12(10-27)21(29)28)11-7-5-4-6-8-11/h4-9,15H,28H2,1-3H3. The number of hydrogen-bond acceptors (Lipinski definition) is 8. The Balaban J connectivity index is 2.51. The molecule has 1 aliphatic rings. The molecular weight excluding hydrogens is 516 g/mol. The zero-order valence-electron chi connectivity index (χ0n) is 18.2. The van der Waals surface area contributed by atoms with E-state index in [0.717, 1.165) is 32.3 Å². The molecule has 176 valence electrons. The first kappa shape index (κ1) is 24.7. The lowest BCUT2D eigenvalue weighted by Crippen LogP contribution is -2.41. The molecular formula is C23H18BrF2N3O5. The van der Waals surface area contributed by atoms with Gasteiger partial charge >= 0.3 is 11.9 Å². The molecule has 1 unspecified atom stereocenters. The number of methoxy groups -OCH3 is 3. The van der Waals surface area contributed by atoms with Gasteiger partial charge in [0.2, 0.25) is 5.82 Å². The smallest absolute Gasteiger partial charge is 0.355 e. The number of halogens is 3.